The van der Waals surface area contributed by atoms with Crippen molar-refractivity contribution in [3.63, 3.8) is 0 Å². The summed E-state index contributed by atoms with van der Waals surface area (Å²) in [4.78, 5) is 4.10. The zero-order chi connectivity index (χ0) is 15.5. The van der Waals surface area contributed by atoms with Crippen molar-refractivity contribution in [1.29, 1.82) is 0 Å². The molecular weight excluding hydrogens is 286 g/mol. The molecular formula is C15H25N3O2S. The van der Waals surface area contributed by atoms with E-state index in [1.54, 1.807) is 12.3 Å². The summed E-state index contributed by atoms with van der Waals surface area (Å²) in [7, 11) is -3.56. The number of nitrogens with one attached hydrogen (secondary N) is 2. The predicted molar refractivity (Wildman–Crippen MR) is 83.4 cm³/mol. The Hall–Kier alpha value is -0.980. The van der Waals surface area contributed by atoms with Gasteiger partial charge in [-0.3, -0.25) is 0 Å². The molecule has 0 aliphatic heterocycles. The van der Waals surface area contributed by atoms with Gasteiger partial charge in [0.15, 0.2) is 5.03 Å². The van der Waals surface area contributed by atoms with Crippen molar-refractivity contribution in [2.75, 3.05) is 0 Å². The van der Waals surface area contributed by atoms with Crippen LogP contribution in [0.4, 0.5) is 0 Å². The van der Waals surface area contributed by atoms with Gasteiger partial charge in [0.2, 0.25) is 0 Å². The van der Waals surface area contributed by atoms with Crippen LogP contribution in [-0.4, -0.2) is 25.0 Å². The van der Waals surface area contributed by atoms with Gasteiger partial charge < -0.3 is 5.32 Å². The fraction of sp³-hybridized carbons (Fsp3) is 0.667. The minimum atomic E-state index is -3.56. The molecule has 21 heavy (non-hydrogen) atoms. The Morgan fingerprint density at radius 2 is 2.05 bits per heavy atom. The molecule has 5 nitrogen and oxygen atoms in total. The maximum Gasteiger partial charge on any atom is 0.258 e. The van der Waals surface area contributed by atoms with Crippen LogP contribution in [0.1, 0.15) is 52.0 Å². The van der Waals surface area contributed by atoms with Gasteiger partial charge in [-0.05, 0) is 44.7 Å². The number of hydrogen-bond donors (Lipinski definition) is 2. The second-order valence-electron chi connectivity index (χ2n) is 6.40. The number of hydrogen-bond acceptors (Lipinski definition) is 4. The van der Waals surface area contributed by atoms with Crippen molar-refractivity contribution in [2.45, 2.75) is 69.6 Å². The third-order valence-electron chi connectivity index (χ3n) is 3.53. The Morgan fingerprint density at radius 3 is 2.57 bits per heavy atom. The molecule has 1 aromatic heterocycles. The number of pyridine rings is 1. The van der Waals surface area contributed by atoms with E-state index in [0.29, 0.717) is 6.04 Å². The minimum absolute atomic E-state index is 0.0850. The second-order valence-corrected chi connectivity index (χ2v) is 8.03. The number of aromatic nitrogens is 1. The third kappa shape index (κ3) is 5.05. The van der Waals surface area contributed by atoms with E-state index >= 15 is 0 Å². The summed E-state index contributed by atoms with van der Waals surface area (Å²) in [5, 5.41) is 3.47. The van der Waals surface area contributed by atoms with Crippen LogP contribution in [0, 0.1) is 0 Å². The fourth-order valence-corrected chi connectivity index (χ4v) is 3.69. The molecule has 2 rings (SSSR count). The van der Waals surface area contributed by atoms with Crippen LogP contribution in [0.2, 0.25) is 0 Å². The van der Waals surface area contributed by atoms with Gasteiger partial charge in [0, 0.05) is 24.3 Å². The van der Waals surface area contributed by atoms with Gasteiger partial charge in [0.05, 0.1) is 0 Å². The summed E-state index contributed by atoms with van der Waals surface area (Å²) in [6, 6.07) is 4.03. The van der Waals surface area contributed by atoms with Gasteiger partial charge in [-0.2, -0.15) is 0 Å². The Labute approximate surface area is 127 Å². The van der Waals surface area contributed by atoms with Crippen molar-refractivity contribution in [3.8, 4) is 0 Å². The van der Waals surface area contributed by atoms with Crippen LogP contribution >= 0.6 is 0 Å². The highest BCUT2D eigenvalue weighted by Gasteiger charge is 2.26. The van der Waals surface area contributed by atoms with E-state index in [2.05, 4.69) is 15.0 Å². The second kappa shape index (κ2) is 6.42. The molecule has 0 bridgehead atoms. The summed E-state index contributed by atoms with van der Waals surface area (Å²) in [6.45, 7) is 6.56. The van der Waals surface area contributed by atoms with Crippen molar-refractivity contribution >= 4 is 10.0 Å². The van der Waals surface area contributed by atoms with Crippen LogP contribution in [0.25, 0.3) is 0 Å². The van der Waals surface area contributed by atoms with E-state index in [1.807, 2.05) is 26.8 Å². The Balaban J connectivity index is 2.01. The molecule has 0 saturated heterocycles. The molecule has 6 heteroatoms. The summed E-state index contributed by atoms with van der Waals surface area (Å²) in [5.41, 5.74) is 0.551. The first-order valence-electron chi connectivity index (χ1n) is 7.55. The third-order valence-corrected chi connectivity index (χ3v) is 5.14. The maximum atomic E-state index is 12.3. The maximum absolute atomic E-state index is 12.3. The zero-order valence-corrected chi connectivity index (χ0v) is 13.8. The van der Waals surface area contributed by atoms with E-state index in [1.165, 1.54) is 12.8 Å². The first-order chi connectivity index (χ1) is 9.82. The van der Waals surface area contributed by atoms with Crippen molar-refractivity contribution in [1.82, 2.24) is 15.0 Å². The molecule has 0 atom stereocenters. The van der Waals surface area contributed by atoms with E-state index < -0.39 is 15.6 Å². The predicted octanol–water partition coefficient (Wildman–Crippen LogP) is 2.19. The average Bonchev–Trinajstić information content (AvgIpc) is 3.19. The van der Waals surface area contributed by atoms with Gasteiger partial charge in [-0.15, -0.1) is 0 Å². The Bertz CT molecular complexity index is 563. The van der Waals surface area contributed by atoms with Crippen LogP contribution in [-0.2, 0) is 16.6 Å². The lowest BCUT2D eigenvalue weighted by molar-refractivity contribution is 0.417. The molecule has 0 unspecified atom stereocenters. The van der Waals surface area contributed by atoms with Crippen LogP contribution in [0.3, 0.4) is 0 Å². The van der Waals surface area contributed by atoms with E-state index in [4.69, 9.17) is 0 Å². The van der Waals surface area contributed by atoms with E-state index in [0.717, 1.165) is 24.9 Å². The average molecular weight is 311 g/mol. The Morgan fingerprint density at radius 1 is 1.33 bits per heavy atom. The molecule has 118 valence electrons. The SMILES string of the molecule is CCCC(C)(C)NS(=O)(=O)c1ccc(CNC2CC2)cn1. The van der Waals surface area contributed by atoms with Crippen LogP contribution in [0.5, 0.6) is 0 Å². The molecule has 1 fully saturated rings. The molecule has 1 aromatic rings. The number of rotatable bonds is 8. The summed E-state index contributed by atoms with van der Waals surface area (Å²) >= 11 is 0. The summed E-state index contributed by atoms with van der Waals surface area (Å²) < 4.78 is 27.4. The molecule has 0 aromatic carbocycles. The van der Waals surface area contributed by atoms with Gasteiger partial charge >= 0.3 is 0 Å². The standard InChI is InChI=1S/C15H25N3O2S/c1-4-9-15(2,3)18-21(19,20)14-8-5-12(11-17-14)10-16-13-6-7-13/h5,8,11,13,16,18H,4,6-7,9-10H2,1-3H3. The van der Waals surface area contributed by atoms with Crippen LogP contribution < -0.4 is 10.0 Å². The highest BCUT2D eigenvalue weighted by atomic mass is 32.2. The molecule has 0 radical (unpaired) electrons. The molecule has 0 spiro atoms. The monoisotopic (exact) mass is 311 g/mol. The van der Waals surface area contributed by atoms with Crippen LogP contribution in [0.15, 0.2) is 23.4 Å². The molecule has 1 aliphatic rings. The lowest BCUT2D eigenvalue weighted by atomic mass is 10.0. The molecule has 2 N–H and O–H groups in total. The highest BCUT2D eigenvalue weighted by Crippen LogP contribution is 2.19. The Kier molecular flexibility index (Phi) is 5.01. The lowest BCUT2D eigenvalue weighted by Gasteiger charge is -2.25. The number of nitrogens with zero attached hydrogens (tertiary/aromatic N) is 1. The lowest BCUT2D eigenvalue weighted by Crippen LogP contribution is -2.43. The quantitative estimate of drug-likeness (QED) is 0.772. The normalized spacial score (nSPS) is 16.1. The molecule has 0 amide bonds. The van der Waals surface area contributed by atoms with E-state index in [-0.39, 0.29) is 5.03 Å². The van der Waals surface area contributed by atoms with Crippen molar-refractivity contribution in [3.05, 3.63) is 23.9 Å². The highest BCUT2D eigenvalue weighted by molar-refractivity contribution is 7.89. The minimum Gasteiger partial charge on any atom is -0.310 e. The van der Waals surface area contributed by atoms with Gasteiger partial charge in [-0.25, -0.2) is 18.1 Å². The summed E-state index contributed by atoms with van der Waals surface area (Å²) in [6.07, 6.45) is 5.81. The topological polar surface area (TPSA) is 71.1 Å². The summed E-state index contributed by atoms with van der Waals surface area (Å²) in [5.74, 6) is 0. The van der Waals surface area contributed by atoms with Crippen molar-refractivity contribution < 1.29 is 8.42 Å². The van der Waals surface area contributed by atoms with Gasteiger partial charge in [0.25, 0.3) is 10.0 Å². The largest absolute Gasteiger partial charge is 0.310 e. The fourth-order valence-electron chi connectivity index (χ4n) is 2.32. The first kappa shape index (κ1) is 16.4. The zero-order valence-electron chi connectivity index (χ0n) is 13.0. The van der Waals surface area contributed by atoms with Crippen molar-refractivity contribution in [2.24, 2.45) is 0 Å². The molecule has 1 aliphatic carbocycles. The first-order valence-corrected chi connectivity index (χ1v) is 9.03. The molecule has 1 heterocycles. The molecule has 1 saturated carbocycles. The van der Waals surface area contributed by atoms with Gasteiger partial charge in [-0.1, -0.05) is 19.4 Å². The van der Waals surface area contributed by atoms with E-state index in [9.17, 15) is 8.42 Å². The number of sulfonamides is 1. The van der Waals surface area contributed by atoms with Gasteiger partial charge in [0.1, 0.15) is 0 Å². The smallest absolute Gasteiger partial charge is 0.258 e.